The first-order valence-electron chi connectivity index (χ1n) is 9.96. The van der Waals surface area contributed by atoms with Crippen molar-refractivity contribution >= 4 is 23.4 Å². The van der Waals surface area contributed by atoms with Crippen molar-refractivity contribution in [2.75, 3.05) is 11.6 Å². The summed E-state index contributed by atoms with van der Waals surface area (Å²) >= 11 is 1.76. The quantitative estimate of drug-likeness (QED) is 0.519. The molecule has 0 spiro atoms. The largest absolute Gasteiger partial charge is 0.457 e. The molecule has 0 aliphatic carbocycles. The molecule has 1 aliphatic rings. The summed E-state index contributed by atoms with van der Waals surface area (Å²) in [6.07, 6.45) is 3.36. The molecule has 0 saturated heterocycles. The standard InChI is InChI=1S/C25H25NO2S/c1-3-17-9-8-10-18(16-29-2)25(17)26-24(27)15-21-19-11-4-6-13-22(19)28-23-14-7-5-12-20(21)23/h4-14,21H,3,15-16H2,1-2H3,(H,26,27). The predicted octanol–water partition coefficient (Wildman–Crippen LogP) is 6.38. The van der Waals surface area contributed by atoms with Gasteiger partial charge < -0.3 is 10.1 Å². The van der Waals surface area contributed by atoms with E-state index in [1.54, 1.807) is 11.8 Å². The molecular formula is C25H25NO2S. The number of fused-ring (bicyclic) bond motifs is 2. The van der Waals surface area contributed by atoms with Gasteiger partial charge in [-0.3, -0.25) is 4.79 Å². The Morgan fingerprint density at radius 2 is 1.55 bits per heavy atom. The summed E-state index contributed by atoms with van der Waals surface area (Å²) in [4.78, 5) is 13.2. The summed E-state index contributed by atoms with van der Waals surface area (Å²) in [6.45, 7) is 2.12. The molecule has 0 unspecified atom stereocenters. The molecule has 3 aromatic rings. The molecule has 0 bridgehead atoms. The van der Waals surface area contributed by atoms with Crippen LogP contribution in [0.5, 0.6) is 11.5 Å². The van der Waals surface area contributed by atoms with Gasteiger partial charge in [0.15, 0.2) is 0 Å². The molecule has 4 rings (SSSR count). The number of amides is 1. The van der Waals surface area contributed by atoms with Gasteiger partial charge in [-0.15, -0.1) is 0 Å². The van der Waals surface area contributed by atoms with Gasteiger partial charge >= 0.3 is 0 Å². The third-order valence-electron chi connectivity index (χ3n) is 5.38. The number of aryl methyl sites for hydroxylation is 1. The first kappa shape index (κ1) is 19.6. The Kier molecular flexibility index (Phi) is 5.91. The van der Waals surface area contributed by atoms with Crippen LogP contribution in [-0.2, 0) is 17.0 Å². The summed E-state index contributed by atoms with van der Waals surface area (Å²) in [7, 11) is 0. The van der Waals surface area contributed by atoms with Gasteiger partial charge in [0, 0.05) is 34.9 Å². The fraction of sp³-hybridized carbons (Fsp3) is 0.240. The van der Waals surface area contributed by atoms with E-state index in [9.17, 15) is 4.79 Å². The maximum absolute atomic E-state index is 13.2. The van der Waals surface area contributed by atoms with Gasteiger partial charge in [0.2, 0.25) is 5.91 Å². The van der Waals surface area contributed by atoms with Crippen LogP contribution in [0, 0.1) is 0 Å². The minimum Gasteiger partial charge on any atom is -0.457 e. The van der Waals surface area contributed by atoms with Crippen LogP contribution in [0.2, 0.25) is 0 Å². The number of nitrogens with one attached hydrogen (secondary N) is 1. The molecule has 0 fully saturated rings. The van der Waals surface area contributed by atoms with Gasteiger partial charge in [0.1, 0.15) is 11.5 Å². The third kappa shape index (κ3) is 4.03. The number of hydrogen-bond donors (Lipinski definition) is 1. The lowest BCUT2D eigenvalue weighted by atomic mass is 9.85. The van der Waals surface area contributed by atoms with E-state index in [0.717, 1.165) is 40.5 Å². The molecule has 0 radical (unpaired) electrons. The monoisotopic (exact) mass is 403 g/mol. The van der Waals surface area contributed by atoms with Gasteiger partial charge in [0.25, 0.3) is 0 Å². The SMILES string of the molecule is CCc1cccc(CSC)c1NC(=O)CC1c2ccccc2Oc2ccccc21. The van der Waals surface area contributed by atoms with Crippen LogP contribution in [0.15, 0.2) is 66.7 Å². The van der Waals surface area contributed by atoms with E-state index in [-0.39, 0.29) is 11.8 Å². The number of thioether (sulfide) groups is 1. The summed E-state index contributed by atoms with van der Waals surface area (Å²) in [5, 5.41) is 3.23. The second-order valence-electron chi connectivity index (χ2n) is 7.22. The fourth-order valence-electron chi connectivity index (χ4n) is 3.99. The number of ether oxygens (including phenoxy) is 1. The highest BCUT2D eigenvalue weighted by molar-refractivity contribution is 7.97. The Labute approximate surface area is 176 Å². The van der Waals surface area contributed by atoms with E-state index in [0.29, 0.717) is 6.42 Å². The third-order valence-corrected chi connectivity index (χ3v) is 5.98. The Bertz CT molecular complexity index is 985. The molecule has 29 heavy (non-hydrogen) atoms. The van der Waals surface area contributed by atoms with Crippen LogP contribution in [0.1, 0.15) is 41.5 Å². The van der Waals surface area contributed by atoms with E-state index >= 15 is 0 Å². The van der Waals surface area contributed by atoms with Crippen LogP contribution >= 0.6 is 11.8 Å². The highest BCUT2D eigenvalue weighted by Crippen LogP contribution is 2.45. The Balaban J connectivity index is 1.63. The summed E-state index contributed by atoms with van der Waals surface area (Å²) in [5.74, 6) is 2.56. The summed E-state index contributed by atoms with van der Waals surface area (Å²) in [6, 6.07) is 22.3. The number of hydrogen-bond acceptors (Lipinski definition) is 3. The van der Waals surface area contributed by atoms with Crippen molar-refractivity contribution in [3.05, 3.63) is 89.0 Å². The van der Waals surface area contributed by atoms with E-state index in [1.165, 1.54) is 11.1 Å². The summed E-state index contributed by atoms with van der Waals surface area (Å²) in [5.41, 5.74) is 5.46. The molecular weight excluding hydrogens is 378 g/mol. The lowest BCUT2D eigenvalue weighted by Gasteiger charge is -2.28. The minimum atomic E-state index is -0.0195. The zero-order chi connectivity index (χ0) is 20.2. The average molecular weight is 404 g/mol. The van der Waals surface area contributed by atoms with Crippen LogP contribution in [0.25, 0.3) is 0 Å². The van der Waals surface area contributed by atoms with Gasteiger partial charge in [-0.25, -0.2) is 0 Å². The van der Waals surface area contributed by atoms with Crippen molar-refractivity contribution in [1.29, 1.82) is 0 Å². The van der Waals surface area contributed by atoms with E-state index in [1.807, 2.05) is 36.4 Å². The second kappa shape index (κ2) is 8.75. The lowest BCUT2D eigenvalue weighted by molar-refractivity contribution is -0.116. The van der Waals surface area contributed by atoms with Crippen LogP contribution in [-0.4, -0.2) is 12.2 Å². The topological polar surface area (TPSA) is 38.3 Å². The van der Waals surface area contributed by atoms with Crippen LogP contribution < -0.4 is 10.1 Å². The first-order chi connectivity index (χ1) is 14.2. The van der Waals surface area contributed by atoms with Gasteiger partial charge in [-0.05, 0) is 35.9 Å². The fourth-order valence-corrected chi connectivity index (χ4v) is 4.54. The lowest BCUT2D eigenvalue weighted by Crippen LogP contribution is -2.20. The number of rotatable bonds is 6. The highest BCUT2D eigenvalue weighted by Gasteiger charge is 2.29. The normalized spacial score (nSPS) is 12.6. The van der Waals surface area contributed by atoms with Crippen molar-refractivity contribution < 1.29 is 9.53 Å². The van der Waals surface area contributed by atoms with Crippen molar-refractivity contribution in [3.8, 4) is 11.5 Å². The number of carbonyl (C=O) groups is 1. The van der Waals surface area contributed by atoms with Crippen molar-refractivity contribution in [2.45, 2.75) is 31.4 Å². The van der Waals surface area contributed by atoms with Gasteiger partial charge in [0.05, 0.1) is 0 Å². The summed E-state index contributed by atoms with van der Waals surface area (Å²) < 4.78 is 6.06. The molecule has 0 aromatic heterocycles. The molecule has 3 nitrogen and oxygen atoms in total. The van der Waals surface area contributed by atoms with E-state index in [4.69, 9.17) is 4.74 Å². The number of para-hydroxylation sites is 3. The van der Waals surface area contributed by atoms with Crippen molar-refractivity contribution in [2.24, 2.45) is 0 Å². The molecule has 0 saturated carbocycles. The highest BCUT2D eigenvalue weighted by atomic mass is 32.2. The average Bonchev–Trinajstić information content (AvgIpc) is 2.75. The Morgan fingerprint density at radius 1 is 0.931 bits per heavy atom. The molecule has 1 amide bonds. The Morgan fingerprint density at radius 3 is 2.17 bits per heavy atom. The molecule has 148 valence electrons. The van der Waals surface area contributed by atoms with Crippen molar-refractivity contribution in [1.82, 2.24) is 0 Å². The molecule has 3 aromatic carbocycles. The minimum absolute atomic E-state index is 0.0195. The molecule has 1 aliphatic heterocycles. The smallest absolute Gasteiger partial charge is 0.225 e. The zero-order valence-electron chi connectivity index (χ0n) is 16.8. The molecule has 1 heterocycles. The second-order valence-corrected chi connectivity index (χ2v) is 8.09. The molecule has 1 N–H and O–H groups in total. The van der Waals surface area contributed by atoms with Gasteiger partial charge in [-0.1, -0.05) is 61.5 Å². The van der Waals surface area contributed by atoms with Crippen LogP contribution in [0.3, 0.4) is 0 Å². The maximum atomic E-state index is 13.2. The molecule has 4 heteroatoms. The van der Waals surface area contributed by atoms with Crippen LogP contribution in [0.4, 0.5) is 5.69 Å². The maximum Gasteiger partial charge on any atom is 0.225 e. The van der Waals surface area contributed by atoms with Crippen molar-refractivity contribution in [3.63, 3.8) is 0 Å². The van der Waals surface area contributed by atoms with Gasteiger partial charge in [-0.2, -0.15) is 11.8 Å². The first-order valence-corrected chi connectivity index (χ1v) is 11.4. The van der Waals surface area contributed by atoms with E-state index in [2.05, 4.69) is 48.8 Å². The zero-order valence-corrected chi connectivity index (χ0v) is 17.6. The number of carbonyl (C=O) groups excluding carboxylic acids is 1. The number of benzene rings is 3. The molecule has 0 atom stereocenters. The predicted molar refractivity (Wildman–Crippen MR) is 121 cm³/mol. The Hall–Kier alpha value is -2.72. The van der Waals surface area contributed by atoms with E-state index < -0.39 is 0 Å². The number of anilines is 1.